The van der Waals surface area contributed by atoms with Crippen LogP contribution in [0.5, 0.6) is 5.75 Å². The molecule has 1 aliphatic rings. The van der Waals surface area contributed by atoms with Gasteiger partial charge in [-0.3, -0.25) is 9.69 Å². The number of rotatable bonds is 6. The van der Waals surface area contributed by atoms with Crippen LogP contribution in [0.1, 0.15) is 18.1 Å². The second-order valence-corrected chi connectivity index (χ2v) is 7.81. The molecule has 0 saturated carbocycles. The van der Waals surface area contributed by atoms with Crippen LogP contribution in [-0.4, -0.2) is 41.2 Å². The Hall–Kier alpha value is -3.38. The van der Waals surface area contributed by atoms with Gasteiger partial charge in [0.25, 0.3) is 5.91 Å². The van der Waals surface area contributed by atoms with Gasteiger partial charge < -0.3 is 15.2 Å². The number of aliphatic hydroxyl groups is 1. The molecule has 4 rings (SSSR count). The zero-order valence-electron chi connectivity index (χ0n) is 17.0. The van der Waals surface area contributed by atoms with Crippen molar-refractivity contribution in [3.63, 3.8) is 0 Å². The van der Waals surface area contributed by atoms with E-state index in [9.17, 15) is 14.7 Å². The van der Waals surface area contributed by atoms with Crippen LogP contribution >= 0.6 is 0 Å². The third kappa shape index (κ3) is 3.74. The van der Waals surface area contributed by atoms with Crippen LogP contribution in [0.15, 0.2) is 66.7 Å². The minimum atomic E-state index is -1.18. The Morgan fingerprint density at radius 2 is 1.80 bits per heavy atom. The summed E-state index contributed by atoms with van der Waals surface area (Å²) >= 11 is 0. The molecule has 6 nitrogen and oxygen atoms in total. The Bertz CT molecular complexity index is 1110. The Morgan fingerprint density at radius 1 is 1.03 bits per heavy atom. The standard InChI is InChI=1S/C24H24N2O4/c1-16-6-5-9-21(12-16)30-15-20(27)14-26-22(28)24(2,25-23(26)29)19-11-10-17-7-3-4-8-18(17)13-19/h3-13,20,27H,14-15H2,1-2H3,(H,25,29)/t20-,24+/m1/s1. The molecule has 1 fully saturated rings. The van der Waals surface area contributed by atoms with Crippen molar-refractivity contribution in [2.24, 2.45) is 0 Å². The van der Waals surface area contributed by atoms with Gasteiger partial charge in [0.2, 0.25) is 0 Å². The molecular formula is C24H24N2O4. The van der Waals surface area contributed by atoms with Gasteiger partial charge >= 0.3 is 6.03 Å². The van der Waals surface area contributed by atoms with Crippen molar-refractivity contribution < 1.29 is 19.4 Å². The molecule has 0 bridgehead atoms. The zero-order valence-corrected chi connectivity index (χ0v) is 17.0. The quantitative estimate of drug-likeness (QED) is 0.618. The summed E-state index contributed by atoms with van der Waals surface area (Å²) in [4.78, 5) is 26.7. The van der Waals surface area contributed by atoms with Gasteiger partial charge in [0.05, 0.1) is 6.54 Å². The number of β-amino-alcohol motifs (C(OH)–C–C–N with tert-alkyl or cyclic N) is 1. The van der Waals surface area contributed by atoms with E-state index < -0.39 is 23.6 Å². The van der Waals surface area contributed by atoms with Gasteiger partial charge in [-0.05, 0) is 53.9 Å². The number of aliphatic hydroxyl groups excluding tert-OH is 1. The topological polar surface area (TPSA) is 78.9 Å². The molecule has 2 N–H and O–H groups in total. The normalized spacial score (nSPS) is 19.8. The molecule has 154 valence electrons. The van der Waals surface area contributed by atoms with Crippen LogP contribution in [-0.2, 0) is 10.3 Å². The Labute approximate surface area is 175 Å². The smallest absolute Gasteiger partial charge is 0.325 e. The first-order valence-corrected chi connectivity index (χ1v) is 9.88. The predicted molar refractivity (Wildman–Crippen MR) is 114 cm³/mol. The van der Waals surface area contributed by atoms with Gasteiger partial charge in [0.1, 0.15) is 24.0 Å². The minimum Gasteiger partial charge on any atom is -0.491 e. The van der Waals surface area contributed by atoms with Gasteiger partial charge in [-0.25, -0.2) is 4.79 Å². The molecule has 2 atom stereocenters. The van der Waals surface area contributed by atoms with Gasteiger partial charge in [-0.15, -0.1) is 0 Å². The van der Waals surface area contributed by atoms with Crippen molar-refractivity contribution in [3.8, 4) is 5.75 Å². The number of fused-ring (bicyclic) bond motifs is 1. The van der Waals surface area contributed by atoms with Gasteiger partial charge in [-0.1, -0.05) is 48.5 Å². The van der Waals surface area contributed by atoms with Gasteiger partial charge in [-0.2, -0.15) is 0 Å². The molecule has 1 heterocycles. The molecule has 0 spiro atoms. The number of hydrogen-bond donors (Lipinski definition) is 2. The molecule has 0 aromatic heterocycles. The summed E-state index contributed by atoms with van der Waals surface area (Å²) in [5.74, 6) is 0.240. The van der Waals surface area contributed by atoms with E-state index in [2.05, 4.69) is 5.32 Å². The second kappa shape index (κ2) is 7.80. The number of urea groups is 1. The number of carbonyl (C=O) groups is 2. The van der Waals surface area contributed by atoms with Crippen LogP contribution < -0.4 is 10.1 Å². The van der Waals surface area contributed by atoms with E-state index >= 15 is 0 Å². The van der Waals surface area contributed by atoms with E-state index in [0.717, 1.165) is 21.2 Å². The first-order chi connectivity index (χ1) is 14.4. The molecule has 3 aromatic rings. The predicted octanol–water partition coefficient (Wildman–Crippen LogP) is 3.36. The highest BCUT2D eigenvalue weighted by molar-refractivity contribution is 6.07. The number of imide groups is 1. The Morgan fingerprint density at radius 3 is 2.57 bits per heavy atom. The second-order valence-electron chi connectivity index (χ2n) is 7.81. The number of nitrogens with one attached hydrogen (secondary N) is 1. The first-order valence-electron chi connectivity index (χ1n) is 9.88. The largest absolute Gasteiger partial charge is 0.491 e. The number of hydrogen-bond acceptors (Lipinski definition) is 4. The monoisotopic (exact) mass is 404 g/mol. The van der Waals surface area contributed by atoms with Crippen molar-refractivity contribution in [2.75, 3.05) is 13.2 Å². The number of nitrogens with zero attached hydrogens (tertiary/aromatic N) is 1. The Balaban J connectivity index is 1.47. The summed E-state index contributed by atoms with van der Waals surface area (Å²) in [6.07, 6.45) is -1.00. The molecule has 1 saturated heterocycles. The maximum Gasteiger partial charge on any atom is 0.325 e. The van der Waals surface area contributed by atoms with Crippen molar-refractivity contribution in [2.45, 2.75) is 25.5 Å². The highest BCUT2D eigenvalue weighted by Gasteiger charge is 2.49. The lowest BCUT2D eigenvalue weighted by molar-refractivity contribution is -0.132. The summed E-state index contributed by atoms with van der Waals surface area (Å²) in [5, 5.41) is 15.2. The number of aryl methyl sites for hydroxylation is 1. The molecule has 0 aliphatic carbocycles. The highest BCUT2D eigenvalue weighted by atomic mass is 16.5. The fourth-order valence-corrected chi connectivity index (χ4v) is 3.72. The lowest BCUT2D eigenvalue weighted by Gasteiger charge is -2.23. The number of amides is 3. The molecule has 3 amide bonds. The van der Waals surface area contributed by atoms with E-state index in [1.807, 2.05) is 67.6 Å². The summed E-state index contributed by atoms with van der Waals surface area (Å²) in [7, 11) is 0. The number of carbonyl (C=O) groups excluding carboxylic acids is 2. The minimum absolute atomic E-state index is 0.0206. The van der Waals surface area contributed by atoms with E-state index in [0.29, 0.717) is 11.3 Å². The van der Waals surface area contributed by atoms with Crippen LogP contribution in [0, 0.1) is 6.92 Å². The molecule has 1 aliphatic heterocycles. The van der Waals surface area contributed by atoms with Crippen molar-refractivity contribution in [1.82, 2.24) is 10.2 Å². The fourth-order valence-electron chi connectivity index (χ4n) is 3.72. The summed E-state index contributed by atoms with van der Waals surface area (Å²) in [6, 6.07) is 20.5. The molecular weight excluding hydrogens is 380 g/mol. The summed E-state index contributed by atoms with van der Waals surface area (Å²) < 4.78 is 5.59. The maximum absolute atomic E-state index is 13.1. The van der Waals surface area contributed by atoms with E-state index in [-0.39, 0.29) is 13.2 Å². The SMILES string of the molecule is Cc1cccc(OC[C@H](O)CN2C(=O)N[C@@](C)(c3ccc4ccccc4c3)C2=O)c1. The van der Waals surface area contributed by atoms with E-state index in [1.54, 1.807) is 13.0 Å². The van der Waals surface area contributed by atoms with Crippen molar-refractivity contribution >= 4 is 22.7 Å². The zero-order chi connectivity index (χ0) is 21.3. The molecule has 3 aromatic carbocycles. The van der Waals surface area contributed by atoms with Crippen LogP contribution in [0.25, 0.3) is 10.8 Å². The maximum atomic E-state index is 13.1. The number of ether oxygens (including phenoxy) is 1. The van der Waals surface area contributed by atoms with Crippen molar-refractivity contribution in [1.29, 1.82) is 0 Å². The van der Waals surface area contributed by atoms with Crippen LogP contribution in [0.3, 0.4) is 0 Å². The van der Waals surface area contributed by atoms with E-state index in [4.69, 9.17) is 4.74 Å². The molecule has 6 heteroatoms. The lowest BCUT2D eigenvalue weighted by Crippen LogP contribution is -2.42. The van der Waals surface area contributed by atoms with Crippen LogP contribution in [0.2, 0.25) is 0 Å². The van der Waals surface area contributed by atoms with Crippen molar-refractivity contribution in [3.05, 3.63) is 77.9 Å². The average Bonchev–Trinajstić information content (AvgIpc) is 2.96. The summed E-state index contributed by atoms with van der Waals surface area (Å²) in [5.41, 5.74) is 0.563. The highest BCUT2D eigenvalue weighted by Crippen LogP contribution is 2.31. The van der Waals surface area contributed by atoms with E-state index in [1.165, 1.54) is 0 Å². The Kier molecular flexibility index (Phi) is 5.18. The number of benzene rings is 3. The first kappa shape index (κ1) is 19.9. The molecule has 30 heavy (non-hydrogen) atoms. The fraction of sp³-hybridized carbons (Fsp3) is 0.250. The summed E-state index contributed by atoms with van der Waals surface area (Å²) in [6.45, 7) is 3.48. The third-order valence-electron chi connectivity index (χ3n) is 5.43. The molecule has 0 unspecified atom stereocenters. The van der Waals surface area contributed by atoms with Gasteiger partial charge in [0, 0.05) is 0 Å². The lowest BCUT2D eigenvalue weighted by atomic mass is 9.90. The third-order valence-corrected chi connectivity index (χ3v) is 5.43. The average molecular weight is 404 g/mol. The molecule has 0 radical (unpaired) electrons. The van der Waals surface area contributed by atoms with Crippen LogP contribution in [0.4, 0.5) is 4.79 Å². The van der Waals surface area contributed by atoms with Gasteiger partial charge in [0.15, 0.2) is 0 Å².